The summed E-state index contributed by atoms with van der Waals surface area (Å²) in [5.74, 6) is 2.43. The Hall–Kier alpha value is -0.790. The second-order valence-corrected chi connectivity index (χ2v) is 4.93. The molecule has 4 unspecified atom stereocenters. The summed E-state index contributed by atoms with van der Waals surface area (Å²) >= 11 is 0. The highest BCUT2D eigenvalue weighted by Gasteiger charge is 2.38. The summed E-state index contributed by atoms with van der Waals surface area (Å²) in [5, 5.41) is 0. The molecule has 3 aliphatic rings. The normalized spacial score (nSPS) is 44.7. The minimum atomic E-state index is 0.00805. The number of rotatable bonds is 2. The van der Waals surface area contributed by atoms with Gasteiger partial charge >= 0.3 is 5.97 Å². The monoisotopic (exact) mass is 192 g/mol. The molecule has 0 spiro atoms. The largest absolute Gasteiger partial charge is 0.462 e. The maximum atomic E-state index is 11.0. The first-order valence-electron chi connectivity index (χ1n) is 5.69. The third-order valence-corrected chi connectivity index (χ3v) is 3.95. The first-order valence-corrected chi connectivity index (χ1v) is 5.69. The number of fused-ring (bicyclic) bond motifs is 2. The van der Waals surface area contributed by atoms with Gasteiger partial charge in [-0.1, -0.05) is 12.2 Å². The van der Waals surface area contributed by atoms with Crippen molar-refractivity contribution in [3.8, 4) is 0 Å². The van der Waals surface area contributed by atoms with Crippen LogP contribution in [-0.2, 0) is 9.53 Å². The molecule has 4 atom stereocenters. The van der Waals surface area contributed by atoms with Crippen molar-refractivity contribution in [3.63, 3.8) is 0 Å². The Bertz CT molecular complexity index is 282. The molecule has 0 amide bonds. The summed E-state index contributed by atoms with van der Waals surface area (Å²) < 4.78 is 5.27. The van der Waals surface area contributed by atoms with Crippen molar-refractivity contribution in [3.05, 3.63) is 12.2 Å². The van der Waals surface area contributed by atoms with E-state index in [-0.39, 0.29) is 12.1 Å². The molecule has 1 saturated heterocycles. The van der Waals surface area contributed by atoms with E-state index < -0.39 is 0 Å². The molecular weight excluding hydrogens is 176 g/mol. The Labute approximate surface area is 84.3 Å². The topological polar surface area (TPSA) is 26.3 Å². The van der Waals surface area contributed by atoms with E-state index in [9.17, 15) is 4.79 Å². The van der Waals surface area contributed by atoms with Gasteiger partial charge in [0.15, 0.2) is 0 Å². The van der Waals surface area contributed by atoms with Gasteiger partial charge in [0.1, 0.15) is 6.10 Å². The Balaban J connectivity index is 1.58. The highest BCUT2D eigenvalue weighted by atomic mass is 16.5. The fraction of sp³-hybridized carbons (Fsp3) is 0.750. The fourth-order valence-electron chi connectivity index (χ4n) is 3.25. The van der Waals surface area contributed by atoms with E-state index in [0.29, 0.717) is 6.42 Å². The Morgan fingerprint density at radius 2 is 2.29 bits per heavy atom. The predicted molar refractivity (Wildman–Crippen MR) is 52.6 cm³/mol. The summed E-state index contributed by atoms with van der Waals surface area (Å²) in [6.07, 6.45) is 10.4. The van der Waals surface area contributed by atoms with Gasteiger partial charge in [-0.15, -0.1) is 0 Å². The average molecular weight is 192 g/mol. The van der Waals surface area contributed by atoms with Gasteiger partial charge in [0.2, 0.25) is 0 Å². The van der Waals surface area contributed by atoms with Crippen LogP contribution in [-0.4, -0.2) is 12.1 Å². The summed E-state index contributed by atoms with van der Waals surface area (Å²) in [7, 11) is 0. The zero-order chi connectivity index (χ0) is 9.54. The zero-order valence-corrected chi connectivity index (χ0v) is 8.32. The van der Waals surface area contributed by atoms with Crippen molar-refractivity contribution in [2.24, 2.45) is 17.8 Å². The second kappa shape index (κ2) is 3.11. The molecule has 2 fully saturated rings. The van der Waals surface area contributed by atoms with E-state index in [0.717, 1.165) is 30.6 Å². The highest BCUT2D eigenvalue weighted by Crippen LogP contribution is 2.46. The Kier molecular flexibility index (Phi) is 1.89. The van der Waals surface area contributed by atoms with Gasteiger partial charge in [-0.05, 0) is 43.4 Å². The maximum absolute atomic E-state index is 11.0. The first-order chi connectivity index (χ1) is 6.81. The SMILES string of the molecule is O=C1CCC(CC2CC3C=CC2C3)O1. The van der Waals surface area contributed by atoms with Crippen molar-refractivity contribution in [1.82, 2.24) is 0 Å². The summed E-state index contributed by atoms with van der Waals surface area (Å²) in [5.41, 5.74) is 0. The molecule has 2 aliphatic carbocycles. The number of cyclic esters (lactones) is 1. The number of hydrogen-bond acceptors (Lipinski definition) is 2. The molecule has 0 N–H and O–H groups in total. The van der Waals surface area contributed by atoms with Crippen LogP contribution in [0.4, 0.5) is 0 Å². The van der Waals surface area contributed by atoms with Gasteiger partial charge in [-0.3, -0.25) is 4.79 Å². The number of ether oxygens (including phenoxy) is 1. The van der Waals surface area contributed by atoms with Crippen LogP contribution in [0.25, 0.3) is 0 Å². The molecule has 3 rings (SSSR count). The Morgan fingerprint density at radius 3 is 2.86 bits per heavy atom. The third-order valence-electron chi connectivity index (χ3n) is 3.95. The molecule has 1 heterocycles. The van der Waals surface area contributed by atoms with Crippen LogP contribution < -0.4 is 0 Å². The fourth-order valence-corrected chi connectivity index (χ4v) is 3.25. The molecule has 76 valence electrons. The molecule has 0 aromatic carbocycles. The number of carbonyl (C=O) groups excluding carboxylic acids is 1. The van der Waals surface area contributed by atoms with Crippen molar-refractivity contribution < 1.29 is 9.53 Å². The van der Waals surface area contributed by atoms with Crippen molar-refractivity contribution in [1.29, 1.82) is 0 Å². The molecular formula is C12H16O2. The van der Waals surface area contributed by atoms with Crippen LogP contribution in [0.15, 0.2) is 12.2 Å². The van der Waals surface area contributed by atoms with Gasteiger partial charge in [0.25, 0.3) is 0 Å². The molecule has 0 radical (unpaired) electrons. The van der Waals surface area contributed by atoms with E-state index in [1.165, 1.54) is 12.8 Å². The van der Waals surface area contributed by atoms with E-state index >= 15 is 0 Å². The van der Waals surface area contributed by atoms with Crippen molar-refractivity contribution >= 4 is 5.97 Å². The number of hydrogen-bond donors (Lipinski definition) is 0. The van der Waals surface area contributed by atoms with Gasteiger partial charge in [0.05, 0.1) is 0 Å². The second-order valence-electron chi connectivity index (χ2n) is 4.93. The number of carbonyl (C=O) groups is 1. The van der Waals surface area contributed by atoms with E-state index in [1.807, 2.05) is 0 Å². The van der Waals surface area contributed by atoms with E-state index in [2.05, 4.69) is 12.2 Å². The van der Waals surface area contributed by atoms with Gasteiger partial charge < -0.3 is 4.74 Å². The zero-order valence-electron chi connectivity index (χ0n) is 8.32. The lowest BCUT2D eigenvalue weighted by molar-refractivity contribution is -0.141. The standard InChI is InChI=1S/C12H16O2/c13-12-4-3-11(14-12)7-10-6-8-1-2-9(10)5-8/h1-2,8-11H,3-7H2. The molecule has 0 aromatic heterocycles. The molecule has 1 saturated carbocycles. The predicted octanol–water partition coefficient (Wildman–Crippen LogP) is 2.29. The van der Waals surface area contributed by atoms with Crippen LogP contribution in [0, 0.1) is 17.8 Å². The third kappa shape index (κ3) is 1.37. The molecule has 2 bridgehead atoms. The van der Waals surface area contributed by atoms with Crippen LogP contribution in [0.1, 0.15) is 32.1 Å². The van der Waals surface area contributed by atoms with Crippen LogP contribution in [0.3, 0.4) is 0 Å². The van der Waals surface area contributed by atoms with E-state index in [1.54, 1.807) is 0 Å². The van der Waals surface area contributed by atoms with Crippen LogP contribution in [0.2, 0.25) is 0 Å². The highest BCUT2D eigenvalue weighted by molar-refractivity contribution is 5.71. The van der Waals surface area contributed by atoms with Crippen molar-refractivity contribution in [2.75, 3.05) is 0 Å². The minimum absolute atomic E-state index is 0.00805. The van der Waals surface area contributed by atoms with Crippen molar-refractivity contribution in [2.45, 2.75) is 38.2 Å². The average Bonchev–Trinajstić information content (AvgIpc) is 2.82. The Morgan fingerprint density at radius 1 is 1.36 bits per heavy atom. The molecule has 14 heavy (non-hydrogen) atoms. The lowest BCUT2D eigenvalue weighted by Gasteiger charge is -2.20. The van der Waals surface area contributed by atoms with Gasteiger partial charge in [-0.2, -0.15) is 0 Å². The number of allylic oxidation sites excluding steroid dienone is 2. The molecule has 0 aromatic rings. The first kappa shape index (κ1) is 8.51. The van der Waals surface area contributed by atoms with Gasteiger partial charge in [0, 0.05) is 6.42 Å². The lowest BCUT2D eigenvalue weighted by atomic mass is 9.88. The summed E-state index contributed by atoms with van der Waals surface area (Å²) in [6, 6.07) is 0. The van der Waals surface area contributed by atoms with Crippen LogP contribution in [0.5, 0.6) is 0 Å². The molecule has 2 nitrogen and oxygen atoms in total. The summed E-state index contributed by atoms with van der Waals surface area (Å²) in [4.78, 5) is 11.0. The summed E-state index contributed by atoms with van der Waals surface area (Å²) in [6.45, 7) is 0. The maximum Gasteiger partial charge on any atom is 0.306 e. The van der Waals surface area contributed by atoms with Crippen LogP contribution >= 0.6 is 0 Å². The lowest BCUT2D eigenvalue weighted by Crippen LogP contribution is -2.16. The van der Waals surface area contributed by atoms with E-state index in [4.69, 9.17) is 4.74 Å². The number of esters is 1. The quantitative estimate of drug-likeness (QED) is 0.495. The molecule has 1 aliphatic heterocycles. The smallest absolute Gasteiger partial charge is 0.306 e. The van der Waals surface area contributed by atoms with Gasteiger partial charge in [-0.25, -0.2) is 0 Å². The minimum Gasteiger partial charge on any atom is -0.462 e. The molecule has 2 heteroatoms.